The summed E-state index contributed by atoms with van der Waals surface area (Å²) in [4.78, 5) is 22.5. The van der Waals surface area contributed by atoms with Gasteiger partial charge in [0.15, 0.2) is 0 Å². The second-order valence-corrected chi connectivity index (χ2v) is 6.00. The molecule has 0 spiro atoms. The van der Waals surface area contributed by atoms with Gasteiger partial charge in [-0.15, -0.1) is 5.10 Å². The molecule has 27 heavy (non-hydrogen) atoms. The van der Waals surface area contributed by atoms with Crippen molar-refractivity contribution in [1.82, 2.24) is 9.78 Å². The third kappa shape index (κ3) is 4.05. The number of hydrogen-bond acceptors (Lipinski definition) is 6. The zero-order valence-electron chi connectivity index (χ0n) is 15.0. The highest BCUT2D eigenvalue weighted by Crippen LogP contribution is 2.30. The number of methoxy groups -OCH3 is 1. The summed E-state index contributed by atoms with van der Waals surface area (Å²) in [6.07, 6.45) is 0.970. The lowest BCUT2D eigenvalue weighted by Crippen LogP contribution is -2.08. The van der Waals surface area contributed by atoms with Crippen LogP contribution in [0, 0.1) is 10.1 Å². The molecule has 0 aliphatic heterocycles. The minimum Gasteiger partial charge on any atom is -0.497 e. The van der Waals surface area contributed by atoms with Crippen molar-refractivity contribution in [3.05, 3.63) is 58.1 Å². The third-order valence-electron chi connectivity index (χ3n) is 4.04. The number of esters is 1. The molecule has 0 fully saturated rings. The lowest BCUT2D eigenvalue weighted by molar-refractivity contribution is -0.384. The van der Waals surface area contributed by atoms with E-state index in [-0.39, 0.29) is 17.5 Å². The Hall–Kier alpha value is -3.42. The molecular formula is C19H19N3O5. The van der Waals surface area contributed by atoms with Gasteiger partial charge in [0.1, 0.15) is 5.75 Å². The summed E-state index contributed by atoms with van der Waals surface area (Å²) in [5.41, 5.74) is 1.47. The first-order chi connectivity index (χ1) is 13.0. The first-order valence-electron chi connectivity index (χ1n) is 8.50. The van der Waals surface area contributed by atoms with Gasteiger partial charge in [-0.2, -0.15) is 0 Å². The molecule has 0 bridgehead atoms. The predicted molar refractivity (Wildman–Crippen MR) is 99.0 cm³/mol. The van der Waals surface area contributed by atoms with Crippen LogP contribution in [0.15, 0.2) is 42.5 Å². The van der Waals surface area contributed by atoms with E-state index in [1.165, 1.54) is 12.1 Å². The van der Waals surface area contributed by atoms with Crippen molar-refractivity contribution >= 4 is 22.6 Å². The number of carbonyl (C=O) groups is 1. The average molecular weight is 369 g/mol. The van der Waals surface area contributed by atoms with E-state index in [0.29, 0.717) is 30.5 Å². The fraction of sp³-hybridized carbons (Fsp3) is 0.263. The number of fused-ring (bicyclic) bond motifs is 1. The topological polar surface area (TPSA) is 96.5 Å². The number of aromatic nitrogens is 2. The van der Waals surface area contributed by atoms with Crippen LogP contribution in [0.5, 0.6) is 11.6 Å². The van der Waals surface area contributed by atoms with E-state index in [9.17, 15) is 14.9 Å². The van der Waals surface area contributed by atoms with E-state index >= 15 is 0 Å². The standard InChI is InChI=1S/C19H19N3O5/c1-3-5-18(23)27-19-16-11-15(26-2)8-9-17(16)21(20-19)12-13-6-4-7-14(10-13)22(24)25/h4,6-11H,3,5,12H2,1-2H3. The Labute approximate surface area is 155 Å². The first-order valence-corrected chi connectivity index (χ1v) is 8.50. The monoisotopic (exact) mass is 369 g/mol. The molecule has 0 atom stereocenters. The van der Waals surface area contributed by atoms with Gasteiger partial charge in [-0.3, -0.25) is 19.6 Å². The van der Waals surface area contributed by atoms with Crippen LogP contribution in [-0.4, -0.2) is 27.8 Å². The molecule has 2 aromatic carbocycles. The van der Waals surface area contributed by atoms with E-state index in [1.54, 1.807) is 36.1 Å². The fourth-order valence-electron chi connectivity index (χ4n) is 2.76. The number of benzene rings is 2. The van der Waals surface area contributed by atoms with Crippen LogP contribution >= 0.6 is 0 Å². The van der Waals surface area contributed by atoms with Gasteiger partial charge in [-0.05, 0) is 30.2 Å². The maximum atomic E-state index is 11.9. The van der Waals surface area contributed by atoms with Crippen molar-refractivity contribution in [2.24, 2.45) is 0 Å². The van der Waals surface area contributed by atoms with Crippen LogP contribution < -0.4 is 9.47 Å². The van der Waals surface area contributed by atoms with Crippen LogP contribution in [0.1, 0.15) is 25.3 Å². The highest BCUT2D eigenvalue weighted by atomic mass is 16.6. The fourth-order valence-corrected chi connectivity index (χ4v) is 2.76. The second kappa shape index (κ2) is 7.86. The smallest absolute Gasteiger partial charge is 0.312 e. The largest absolute Gasteiger partial charge is 0.497 e. The minimum absolute atomic E-state index is 0.0141. The molecule has 0 radical (unpaired) electrons. The Morgan fingerprint density at radius 3 is 2.78 bits per heavy atom. The van der Waals surface area contributed by atoms with E-state index in [2.05, 4.69) is 5.10 Å². The molecular weight excluding hydrogens is 350 g/mol. The van der Waals surface area contributed by atoms with Gasteiger partial charge in [-0.1, -0.05) is 19.1 Å². The predicted octanol–water partition coefficient (Wildman–Crippen LogP) is 3.71. The lowest BCUT2D eigenvalue weighted by atomic mass is 10.2. The van der Waals surface area contributed by atoms with Crippen LogP contribution in [0.25, 0.3) is 10.9 Å². The molecule has 8 nitrogen and oxygen atoms in total. The SMILES string of the molecule is CCCC(=O)Oc1nn(Cc2cccc([N+](=O)[O-])c2)c2ccc(OC)cc12. The summed E-state index contributed by atoms with van der Waals surface area (Å²) < 4.78 is 12.3. The average Bonchev–Trinajstić information content (AvgIpc) is 2.98. The summed E-state index contributed by atoms with van der Waals surface area (Å²) in [7, 11) is 1.55. The molecule has 8 heteroatoms. The Morgan fingerprint density at radius 1 is 1.26 bits per heavy atom. The van der Waals surface area contributed by atoms with Gasteiger partial charge in [0.25, 0.3) is 5.69 Å². The maximum Gasteiger partial charge on any atom is 0.312 e. The molecule has 0 saturated heterocycles. The van der Waals surface area contributed by atoms with E-state index in [1.807, 2.05) is 13.0 Å². The number of rotatable bonds is 7. The molecule has 1 aromatic heterocycles. The summed E-state index contributed by atoms with van der Waals surface area (Å²) in [5.74, 6) is 0.459. The van der Waals surface area contributed by atoms with Gasteiger partial charge < -0.3 is 9.47 Å². The van der Waals surface area contributed by atoms with Crippen molar-refractivity contribution in [3.63, 3.8) is 0 Å². The quantitative estimate of drug-likeness (QED) is 0.358. The van der Waals surface area contributed by atoms with Crippen LogP contribution in [0.2, 0.25) is 0 Å². The van der Waals surface area contributed by atoms with Crippen molar-refractivity contribution < 1.29 is 19.2 Å². The first kappa shape index (κ1) is 18.4. The molecule has 0 unspecified atom stereocenters. The minimum atomic E-state index is -0.437. The third-order valence-corrected chi connectivity index (χ3v) is 4.04. The number of hydrogen-bond donors (Lipinski definition) is 0. The Balaban J connectivity index is 2.01. The number of carbonyl (C=O) groups excluding carboxylic acids is 1. The Bertz CT molecular complexity index is 996. The lowest BCUT2D eigenvalue weighted by Gasteiger charge is -2.04. The van der Waals surface area contributed by atoms with Gasteiger partial charge in [0.05, 0.1) is 29.5 Å². The number of nitrogens with zero attached hydrogens (tertiary/aromatic N) is 3. The molecule has 1 heterocycles. The van der Waals surface area contributed by atoms with Crippen LogP contribution in [-0.2, 0) is 11.3 Å². The van der Waals surface area contributed by atoms with Crippen LogP contribution in [0.3, 0.4) is 0 Å². The zero-order chi connectivity index (χ0) is 19.4. The van der Waals surface area contributed by atoms with Crippen molar-refractivity contribution in [3.8, 4) is 11.6 Å². The van der Waals surface area contributed by atoms with E-state index in [0.717, 1.165) is 11.1 Å². The molecule has 0 N–H and O–H groups in total. The molecule has 3 aromatic rings. The number of nitro benzene ring substituents is 1. The Morgan fingerprint density at radius 2 is 2.07 bits per heavy atom. The van der Waals surface area contributed by atoms with Gasteiger partial charge in [0, 0.05) is 18.6 Å². The molecule has 0 amide bonds. The molecule has 0 aliphatic rings. The number of non-ortho nitro benzene ring substituents is 1. The van der Waals surface area contributed by atoms with E-state index < -0.39 is 4.92 Å². The molecule has 0 aliphatic carbocycles. The molecule has 3 rings (SSSR count). The summed E-state index contributed by atoms with van der Waals surface area (Å²) >= 11 is 0. The number of nitro groups is 1. The van der Waals surface area contributed by atoms with E-state index in [4.69, 9.17) is 9.47 Å². The highest BCUT2D eigenvalue weighted by molar-refractivity contribution is 5.88. The summed E-state index contributed by atoms with van der Waals surface area (Å²) in [6.45, 7) is 2.19. The normalized spacial score (nSPS) is 10.7. The van der Waals surface area contributed by atoms with Gasteiger partial charge in [0.2, 0.25) is 5.88 Å². The van der Waals surface area contributed by atoms with Crippen LogP contribution in [0.4, 0.5) is 5.69 Å². The van der Waals surface area contributed by atoms with Crippen molar-refractivity contribution in [2.75, 3.05) is 7.11 Å². The van der Waals surface area contributed by atoms with Gasteiger partial charge >= 0.3 is 5.97 Å². The summed E-state index contributed by atoms with van der Waals surface area (Å²) in [5, 5.41) is 16.0. The maximum absolute atomic E-state index is 11.9. The molecule has 0 saturated carbocycles. The number of ether oxygens (including phenoxy) is 2. The second-order valence-electron chi connectivity index (χ2n) is 6.00. The summed E-state index contributed by atoms with van der Waals surface area (Å²) in [6, 6.07) is 11.7. The Kier molecular flexibility index (Phi) is 5.35. The highest BCUT2D eigenvalue weighted by Gasteiger charge is 2.16. The van der Waals surface area contributed by atoms with Crippen molar-refractivity contribution in [1.29, 1.82) is 0 Å². The zero-order valence-corrected chi connectivity index (χ0v) is 15.0. The molecule has 140 valence electrons. The van der Waals surface area contributed by atoms with Crippen molar-refractivity contribution in [2.45, 2.75) is 26.3 Å². The van der Waals surface area contributed by atoms with Gasteiger partial charge in [-0.25, -0.2) is 0 Å².